The SMILES string of the molecule is COc1cc(N)c(Cl)cc1C(=O)N1CCCC(C)C1.Cl. The Balaban J connectivity index is 0.00000200. The average molecular weight is 319 g/mol. The van der Waals surface area contributed by atoms with Crippen molar-refractivity contribution in [1.29, 1.82) is 0 Å². The minimum atomic E-state index is -0.0368. The Bertz CT molecular complexity index is 494. The number of hydrogen-bond acceptors (Lipinski definition) is 3. The van der Waals surface area contributed by atoms with E-state index in [0.717, 1.165) is 19.5 Å². The molecule has 1 fully saturated rings. The normalized spacial score (nSPS) is 18.4. The first-order valence-corrected chi connectivity index (χ1v) is 6.83. The van der Waals surface area contributed by atoms with Gasteiger partial charge in [-0.3, -0.25) is 4.79 Å². The van der Waals surface area contributed by atoms with E-state index in [0.29, 0.717) is 27.9 Å². The van der Waals surface area contributed by atoms with E-state index in [1.165, 1.54) is 13.5 Å². The quantitative estimate of drug-likeness (QED) is 0.852. The van der Waals surface area contributed by atoms with Gasteiger partial charge >= 0.3 is 0 Å². The summed E-state index contributed by atoms with van der Waals surface area (Å²) in [6.45, 7) is 3.73. The van der Waals surface area contributed by atoms with Crippen molar-refractivity contribution in [3.8, 4) is 5.75 Å². The van der Waals surface area contributed by atoms with Gasteiger partial charge in [-0.1, -0.05) is 18.5 Å². The zero-order valence-electron chi connectivity index (χ0n) is 11.7. The molecule has 0 aliphatic carbocycles. The summed E-state index contributed by atoms with van der Waals surface area (Å²) in [6, 6.07) is 3.19. The molecule has 0 aromatic heterocycles. The van der Waals surface area contributed by atoms with Gasteiger partial charge in [-0.25, -0.2) is 0 Å². The van der Waals surface area contributed by atoms with Gasteiger partial charge in [0.2, 0.25) is 0 Å². The summed E-state index contributed by atoms with van der Waals surface area (Å²) in [5.74, 6) is 0.975. The monoisotopic (exact) mass is 318 g/mol. The topological polar surface area (TPSA) is 55.6 Å². The molecule has 1 saturated heterocycles. The number of nitrogens with zero attached hydrogens (tertiary/aromatic N) is 1. The Morgan fingerprint density at radius 3 is 2.80 bits per heavy atom. The zero-order valence-corrected chi connectivity index (χ0v) is 13.3. The molecule has 1 unspecified atom stereocenters. The molecule has 2 rings (SSSR count). The summed E-state index contributed by atoms with van der Waals surface area (Å²) < 4.78 is 5.23. The maximum absolute atomic E-state index is 12.5. The van der Waals surface area contributed by atoms with Gasteiger partial charge in [-0.15, -0.1) is 12.4 Å². The van der Waals surface area contributed by atoms with E-state index in [2.05, 4.69) is 6.92 Å². The number of carbonyl (C=O) groups excluding carboxylic acids is 1. The molecule has 1 aliphatic rings. The molecule has 1 aliphatic heterocycles. The molecule has 0 bridgehead atoms. The lowest BCUT2D eigenvalue weighted by Gasteiger charge is -2.31. The van der Waals surface area contributed by atoms with E-state index in [9.17, 15) is 4.79 Å². The first-order chi connectivity index (χ1) is 9.02. The largest absolute Gasteiger partial charge is 0.496 e. The third kappa shape index (κ3) is 3.49. The van der Waals surface area contributed by atoms with Gasteiger partial charge in [0.25, 0.3) is 5.91 Å². The Morgan fingerprint density at radius 2 is 2.20 bits per heavy atom. The molecule has 0 spiro atoms. The number of rotatable bonds is 2. The van der Waals surface area contributed by atoms with Gasteiger partial charge < -0.3 is 15.4 Å². The second-order valence-corrected chi connectivity index (χ2v) is 5.48. The van der Waals surface area contributed by atoms with Crippen LogP contribution in [0.25, 0.3) is 0 Å². The number of benzene rings is 1. The van der Waals surface area contributed by atoms with Crippen LogP contribution in [0, 0.1) is 5.92 Å². The minimum Gasteiger partial charge on any atom is -0.496 e. The van der Waals surface area contributed by atoms with Crippen molar-refractivity contribution in [2.45, 2.75) is 19.8 Å². The van der Waals surface area contributed by atoms with E-state index in [1.54, 1.807) is 12.1 Å². The number of nitrogen functional groups attached to an aromatic ring is 1. The highest BCUT2D eigenvalue weighted by molar-refractivity contribution is 6.33. The molecule has 1 aromatic carbocycles. The van der Waals surface area contributed by atoms with Crippen LogP contribution in [-0.4, -0.2) is 31.0 Å². The molecule has 0 radical (unpaired) electrons. The summed E-state index contributed by atoms with van der Waals surface area (Å²) in [5.41, 5.74) is 6.63. The van der Waals surface area contributed by atoms with Gasteiger partial charge in [0, 0.05) is 19.2 Å². The number of halogens is 2. The fourth-order valence-electron chi connectivity index (χ4n) is 2.45. The molecule has 20 heavy (non-hydrogen) atoms. The van der Waals surface area contributed by atoms with E-state index in [4.69, 9.17) is 22.1 Å². The zero-order chi connectivity index (χ0) is 14.0. The molecule has 1 heterocycles. The molecular formula is C14H20Cl2N2O2. The number of nitrogens with two attached hydrogens (primary N) is 1. The molecule has 112 valence electrons. The van der Waals surface area contributed by atoms with Crippen LogP contribution in [0.2, 0.25) is 5.02 Å². The number of amides is 1. The van der Waals surface area contributed by atoms with Crippen LogP contribution in [0.15, 0.2) is 12.1 Å². The van der Waals surface area contributed by atoms with Gasteiger partial charge in [-0.2, -0.15) is 0 Å². The van der Waals surface area contributed by atoms with Gasteiger partial charge in [-0.05, 0) is 24.8 Å². The number of likely N-dealkylation sites (tertiary alicyclic amines) is 1. The molecule has 0 saturated carbocycles. The van der Waals surface area contributed by atoms with E-state index in [-0.39, 0.29) is 18.3 Å². The van der Waals surface area contributed by atoms with Crippen LogP contribution < -0.4 is 10.5 Å². The van der Waals surface area contributed by atoms with Crippen molar-refractivity contribution in [2.75, 3.05) is 25.9 Å². The van der Waals surface area contributed by atoms with E-state index < -0.39 is 0 Å². The van der Waals surface area contributed by atoms with Gasteiger partial charge in [0.15, 0.2) is 0 Å². The predicted molar refractivity (Wildman–Crippen MR) is 84.0 cm³/mol. The highest BCUT2D eigenvalue weighted by atomic mass is 35.5. The molecule has 1 amide bonds. The summed E-state index contributed by atoms with van der Waals surface area (Å²) >= 11 is 6.00. The van der Waals surface area contributed by atoms with Crippen LogP contribution in [0.3, 0.4) is 0 Å². The number of hydrogen-bond donors (Lipinski definition) is 1. The molecule has 1 aromatic rings. The van der Waals surface area contributed by atoms with Gasteiger partial charge in [0.1, 0.15) is 5.75 Å². The lowest BCUT2D eigenvalue weighted by atomic mass is 9.99. The van der Waals surface area contributed by atoms with Gasteiger partial charge in [0.05, 0.1) is 23.4 Å². The van der Waals surface area contributed by atoms with E-state index >= 15 is 0 Å². The van der Waals surface area contributed by atoms with Crippen LogP contribution in [0.4, 0.5) is 5.69 Å². The van der Waals surface area contributed by atoms with Crippen molar-refractivity contribution in [2.24, 2.45) is 5.92 Å². The summed E-state index contributed by atoms with van der Waals surface area (Å²) in [7, 11) is 1.53. The molecule has 6 heteroatoms. The van der Waals surface area contributed by atoms with Crippen LogP contribution in [-0.2, 0) is 0 Å². The number of ether oxygens (including phenoxy) is 1. The summed E-state index contributed by atoms with van der Waals surface area (Å²) in [6.07, 6.45) is 2.21. The van der Waals surface area contributed by atoms with Crippen LogP contribution in [0.5, 0.6) is 5.75 Å². The number of carbonyl (C=O) groups is 1. The Hall–Kier alpha value is -1.13. The van der Waals surface area contributed by atoms with Crippen molar-refractivity contribution in [3.05, 3.63) is 22.7 Å². The predicted octanol–water partition coefficient (Wildman–Crippen LogP) is 3.22. The Kier molecular flexibility index (Phi) is 5.96. The van der Waals surface area contributed by atoms with Crippen molar-refractivity contribution >= 4 is 35.6 Å². The Labute approximate surface area is 130 Å². The first kappa shape index (κ1) is 16.9. The summed E-state index contributed by atoms with van der Waals surface area (Å²) in [5, 5.41) is 0.384. The Morgan fingerprint density at radius 1 is 1.50 bits per heavy atom. The number of methoxy groups -OCH3 is 1. The number of piperidine rings is 1. The first-order valence-electron chi connectivity index (χ1n) is 6.45. The molecular weight excluding hydrogens is 299 g/mol. The molecule has 2 N–H and O–H groups in total. The average Bonchev–Trinajstić information content (AvgIpc) is 2.40. The standard InChI is InChI=1S/C14H19ClN2O2.ClH/c1-9-4-3-5-17(8-9)14(18)10-6-11(15)12(16)7-13(10)19-2;/h6-7,9H,3-5,8,16H2,1-2H3;1H. The second kappa shape index (κ2) is 7.04. The smallest absolute Gasteiger partial charge is 0.257 e. The number of anilines is 1. The van der Waals surface area contributed by atoms with Crippen molar-refractivity contribution < 1.29 is 9.53 Å². The fraction of sp³-hybridized carbons (Fsp3) is 0.500. The van der Waals surface area contributed by atoms with Crippen LogP contribution >= 0.6 is 24.0 Å². The lowest BCUT2D eigenvalue weighted by Crippen LogP contribution is -2.39. The third-order valence-electron chi connectivity index (χ3n) is 3.49. The maximum atomic E-state index is 12.5. The minimum absolute atomic E-state index is 0. The highest BCUT2D eigenvalue weighted by Gasteiger charge is 2.25. The second-order valence-electron chi connectivity index (χ2n) is 5.07. The molecule has 1 atom stereocenters. The molecule has 4 nitrogen and oxygen atoms in total. The van der Waals surface area contributed by atoms with E-state index in [1.807, 2.05) is 4.90 Å². The lowest BCUT2D eigenvalue weighted by molar-refractivity contribution is 0.0679. The van der Waals surface area contributed by atoms with Crippen molar-refractivity contribution in [3.63, 3.8) is 0 Å². The third-order valence-corrected chi connectivity index (χ3v) is 3.82. The highest BCUT2D eigenvalue weighted by Crippen LogP contribution is 2.30. The fourth-order valence-corrected chi connectivity index (χ4v) is 2.61. The van der Waals surface area contributed by atoms with Crippen LogP contribution in [0.1, 0.15) is 30.1 Å². The summed E-state index contributed by atoms with van der Waals surface area (Å²) in [4.78, 5) is 14.4. The van der Waals surface area contributed by atoms with Crippen molar-refractivity contribution in [1.82, 2.24) is 4.90 Å². The maximum Gasteiger partial charge on any atom is 0.257 e.